The lowest BCUT2D eigenvalue weighted by Gasteiger charge is -2.22. The van der Waals surface area contributed by atoms with Crippen molar-refractivity contribution in [3.63, 3.8) is 0 Å². The second-order valence-corrected chi connectivity index (χ2v) is 12.7. The zero-order valence-electron chi connectivity index (χ0n) is 30.2. The van der Waals surface area contributed by atoms with E-state index in [-0.39, 0.29) is 17.0 Å². The quantitative estimate of drug-likeness (QED) is 0.107. The van der Waals surface area contributed by atoms with Crippen LogP contribution in [0, 0.1) is 0 Å². The predicted molar refractivity (Wildman–Crippen MR) is 198 cm³/mol. The summed E-state index contributed by atoms with van der Waals surface area (Å²) in [4.78, 5) is 12.3. The third-order valence-corrected chi connectivity index (χ3v) is 7.18. The molecule has 0 unspecified atom stereocenters. The lowest BCUT2D eigenvalue weighted by atomic mass is 9.98. The Morgan fingerprint density at radius 1 is 0.511 bits per heavy atom. The van der Waals surface area contributed by atoms with E-state index in [9.17, 15) is 4.79 Å². The van der Waals surface area contributed by atoms with E-state index < -0.39 is 0 Å². The lowest BCUT2D eigenvalue weighted by Crippen LogP contribution is -2.23. The van der Waals surface area contributed by atoms with E-state index in [1.165, 1.54) is 16.7 Å². The Kier molecular flexibility index (Phi) is 21.1. The summed E-state index contributed by atoms with van der Waals surface area (Å²) in [5, 5.41) is 0. The molecule has 0 aliphatic heterocycles. The minimum Gasteiger partial charge on any atom is -0.379 e. The van der Waals surface area contributed by atoms with Gasteiger partial charge in [-0.2, -0.15) is 0 Å². The molecule has 0 N–H and O–H groups in total. The maximum absolute atomic E-state index is 12.3. The second kappa shape index (κ2) is 22.9. The molecule has 3 heteroatoms. The number of carbonyl (C=O) groups excluding carboxylic acids is 1. The molecule has 0 aromatic carbocycles. The molecular weight excluding hydrogens is 552 g/mol. The van der Waals surface area contributed by atoms with Gasteiger partial charge in [0, 0.05) is 20.6 Å². The van der Waals surface area contributed by atoms with Crippen molar-refractivity contribution in [3.05, 3.63) is 143 Å². The van der Waals surface area contributed by atoms with Gasteiger partial charge in [0.2, 0.25) is 0 Å². The Hall–Kier alpha value is -3.53. The Bertz CT molecular complexity index is 1290. The molecule has 0 aromatic rings. The van der Waals surface area contributed by atoms with E-state index in [1.807, 2.05) is 52.0 Å². The van der Waals surface area contributed by atoms with E-state index in [2.05, 4.69) is 127 Å². The van der Waals surface area contributed by atoms with Gasteiger partial charge in [-0.25, -0.2) is 0 Å². The van der Waals surface area contributed by atoms with Gasteiger partial charge >= 0.3 is 0 Å². The maximum atomic E-state index is 12.3. The molecule has 3 nitrogen and oxygen atoms in total. The number of methoxy groups -OCH3 is 2. The molecule has 0 spiro atoms. The highest BCUT2D eigenvalue weighted by Crippen LogP contribution is 2.17. The Morgan fingerprint density at radius 3 is 1.27 bits per heavy atom. The van der Waals surface area contributed by atoms with E-state index in [1.54, 1.807) is 14.2 Å². The van der Waals surface area contributed by atoms with E-state index in [0.29, 0.717) is 12.8 Å². The summed E-state index contributed by atoms with van der Waals surface area (Å²) < 4.78 is 10.8. The third kappa shape index (κ3) is 23.5. The van der Waals surface area contributed by atoms with Crippen LogP contribution in [-0.2, 0) is 14.3 Å². The van der Waals surface area contributed by atoms with Crippen LogP contribution in [0.25, 0.3) is 0 Å². The summed E-state index contributed by atoms with van der Waals surface area (Å²) >= 11 is 0. The Balaban J connectivity index is 4.83. The minimum atomic E-state index is -0.277. The molecule has 0 atom stereocenters. The average molecular weight is 613 g/mol. The number of carbonyl (C=O) groups is 1. The monoisotopic (exact) mass is 612 g/mol. The van der Waals surface area contributed by atoms with Crippen molar-refractivity contribution in [2.45, 2.75) is 99.7 Å². The summed E-state index contributed by atoms with van der Waals surface area (Å²) in [6, 6.07) is 0. The van der Waals surface area contributed by atoms with Crippen molar-refractivity contribution in [2.75, 3.05) is 14.2 Å². The fourth-order valence-electron chi connectivity index (χ4n) is 3.51. The number of hydrogen-bond acceptors (Lipinski definition) is 3. The van der Waals surface area contributed by atoms with Crippen molar-refractivity contribution < 1.29 is 14.3 Å². The van der Waals surface area contributed by atoms with Crippen molar-refractivity contribution in [1.82, 2.24) is 0 Å². The van der Waals surface area contributed by atoms with Crippen molar-refractivity contribution in [2.24, 2.45) is 0 Å². The molecule has 0 radical (unpaired) electrons. The van der Waals surface area contributed by atoms with E-state index in [0.717, 1.165) is 23.1 Å². The standard InChI is InChI=1S/C42H60O3/c1-34(22-15-24-36(3)25-17-27-38(5)29-19-32-41(7,8)44-11)20-13-14-21-35(2)23-16-26-37(4)28-18-30-39(6)40(43)31-33-42(9,10)45-12/h13-30H,31-33H2,1-12H3. The first-order chi connectivity index (χ1) is 21.1. The molecule has 0 fully saturated rings. The molecule has 0 rings (SSSR count). The van der Waals surface area contributed by atoms with Crippen LogP contribution < -0.4 is 0 Å². The SMILES string of the molecule is COC(C)(C)CC=CC(C)=CC=CC(C)=CC=CC(C)=CC=CC=C(C)C=CC=C(C)C=CC=C(C)C(=O)CCC(C)(C)OC. The number of allylic oxidation sites excluding steroid dienone is 23. The molecule has 0 heterocycles. The number of ether oxygens (including phenoxy) is 2. The van der Waals surface area contributed by atoms with Crippen molar-refractivity contribution in [3.8, 4) is 0 Å². The van der Waals surface area contributed by atoms with Gasteiger partial charge in [-0.05, 0) is 87.7 Å². The largest absolute Gasteiger partial charge is 0.379 e. The van der Waals surface area contributed by atoms with Gasteiger partial charge in [-0.15, -0.1) is 0 Å². The fourth-order valence-corrected chi connectivity index (χ4v) is 3.51. The molecule has 0 aliphatic rings. The Morgan fingerprint density at radius 2 is 0.867 bits per heavy atom. The lowest BCUT2D eigenvalue weighted by molar-refractivity contribution is -0.116. The van der Waals surface area contributed by atoms with Gasteiger partial charge in [-0.1, -0.05) is 137 Å². The molecule has 246 valence electrons. The number of hydrogen-bond donors (Lipinski definition) is 0. The van der Waals surface area contributed by atoms with Crippen LogP contribution in [0.2, 0.25) is 0 Å². The zero-order chi connectivity index (χ0) is 34.3. The summed E-state index contributed by atoms with van der Waals surface area (Å²) in [7, 11) is 3.43. The first-order valence-corrected chi connectivity index (χ1v) is 15.8. The predicted octanol–water partition coefficient (Wildman–Crippen LogP) is 11.6. The molecule has 0 aliphatic carbocycles. The highest BCUT2D eigenvalue weighted by Gasteiger charge is 2.18. The highest BCUT2D eigenvalue weighted by atomic mass is 16.5. The maximum Gasteiger partial charge on any atom is 0.158 e. The first-order valence-electron chi connectivity index (χ1n) is 15.8. The third-order valence-electron chi connectivity index (χ3n) is 7.18. The molecular formula is C42H60O3. The fraction of sp³-hybridized carbons (Fsp3) is 0.405. The van der Waals surface area contributed by atoms with Crippen LogP contribution in [-0.4, -0.2) is 31.2 Å². The summed E-state index contributed by atoms with van der Waals surface area (Å²) in [5.41, 5.74) is 6.19. The average Bonchev–Trinajstić information content (AvgIpc) is 2.98. The number of rotatable bonds is 19. The van der Waals surface area contributed by atoms with Gasteiger partial charge in [0.05, 0.1) is 11.2 Å². The van der Waals surface area contributed by atoms with Gasteiger partial charge < -0.3 is 9.47 Å². The summed E-state index contributed by atoms with van der Waals surface area (Å²) in [6.07, 6.45) is 39.3. The van der Waals surface area contributed by atoms with Crippen LogP contribution in [0.15, 0.2) is 143 Å². The molecule has 45 heavy (non-hydrogen) atoms. The van der Waals surface area contributed by atoms with Crippen molar-refractivity contribution in [1.29, 1.82) is 0 Å². The normalized spacial score (nSPS) is 15.9. The minimum absolute atomic E-state index is 0.129. The van der Waals surface area contributed by atoms with Crippen LogP contribution in [0.1, 0.15) is 88.5 Å². The molecule has 0 saturated heterocycles. The molecule has 0 amide bonds. The van der Waals surface area contributed by atoms with Gasteiger partial charge in [0.25, 0.3) is 0 Å². The van der Waals surface area contributed by atoms with Crippen molar-refractivity contribution >= 4 is 5.78 Å². The van der Waals surface area contributed by atoms with E-state index >= 15 is 0 Å². The number of ketones is 1. The van der Waals surface area contributed by atoms with Gasteiger partial charge in [-0.3, -0.25) is 4.79 Å². The van der Waals surface area contributed by atoms with E-state index in [4.69, 9.17) is 9.47 Å². The second-order valence-electron chi connectivity index (χ2n) is 12.7. The molecule has 0 bridgehead atoms. The van der Waals surface area contributed by atoms with Crippen LogP contribution >= 0.6 is 0 Å². The summed E-state index contributed by atoms with van der Waals surface area (Å²) in [5.74, 6) is 0.155. The van der Waals surface area contributed by atoms with Crippen LogP contribution in [0.4, 0.5) is 0 Å². The van der Waals surface area contributed by atoms with Crippen LogP contribution in [0.3, 0.4) is 0 Å². The highest BCUT2D eigenvalue weighted by molar-refractivity contribution is 5.95. The summed E-state index contributed by atoms with van der Waals surface area (Å²) in [6.45, 7) is 20.5. The number of Topliss-reactive ketones (excluding diaryl/α,β-unsaturated/α-hetero) is 1. The Labute approximate surface area is 276 Å². The molecule has 0 aromatic heterocycles. The van der Waals surface area contributed by atoms with Gasteiger partial charge in [0.15, 0.2) is 5.78 Å². The molecule has 0 saturated carbocycles. The van der Waals surface area contributed by atoms with Crippen LogP contribution in [0.5, 0.6) is 0 Å². The van der Waals surface area contributed by atoms with Gasteiger partial charge in [0.1, 0.15) is 0 Å². The smallest absolute Gasteiger partial charge is 0.158 e. The zero-order valence-corrected chi connectivity index (χ0v) is 30.2. The first kappa shape index (κ1) is 41.5. The topological polar surface area (TPSA) is 35.5 Å².